The molecule has 12 heavy (non-hydrogen) atoms. The summed E-state index contributed by atoms with van der Waals surface area (Å²) in [7, 11) is 0. The van der Waals surface area contributed by atoms with Crippen molar-refractivity contribution in [3.63, 3.8) is 0 Å². The quantitative estimate of drug-likeness (QED) is 0.464. The van der Waals surface area contributed by atoms with Crippen LogP contribution < -0.4 is 0 Å². The number of carbonyl (C=O) groups excluding carboxylic acids is 1. The Morgan fingerprint density at radius 3 is 2.42 bits per heavy atom. The van der Waals surface area contributed by atoms with E-state index in [1.807, 2.05) is 0 Å². The number of esters is 1. The largest absolute Gasteiger partial charge is 2.00 e. The SMILES string of the molecule is C=C(CC(=O)O)C(=O)OCC.[Ba+2].[H-].[H-]. The van der Waals surface area contributed by atoms with Crippen molar-refractivity contribution < 1.29 is 22.3 Å². The van der Waals surface area contributed by atoms with Gasteiger partial charge in [-0.25, -0.2) is 4.79 Å². The summed E-state index contributed by atoms with van der Waals surface area (Å²) in [6.07, 6.45) is -0.362. The summed E-state index contributed by atoms with van der Waals surface area (Å²) in [6, 6.07) is 0. The number of carboxylic acid groups (broad SMARTS) is 1. The van der Waals surface area contributed by atoms with E-state index in [0.717, 1.165) is 0 Å². The first-order chi connectivity index (χ1) is 5.07. The minimum atomic E-state index is -1.08. The monoisotopic (exact) mass is 298 g/mol. The summed E-state index contributed by atoms with van der Waals surface area (Å²) in [4.78, 5) is 20.7. The summed E-state index contributed by atoms with van der Waals surface area (Å²) < 4.78 is 4.50. The molecule has 0 amide bonds. The van der Waals surface area contributed by atoms with E-state index in [-0.39, 0.29) is 70.3 Å². The molecule has 5 heteroatoms. The number of aliphatic carboxylic acids is 1. The van der Waals surface area contributed by atoms with E-state index in [9.17, 15) is 9.59 Å². The molecule has 0 unspecified atom stereocenters. The van der Waals surface area contributed by atoms with E-state index in [0.29, 0.717) is 0 Å². The Kier molecular flexibility index (Phi) is 9.69. The van der Waals surface area contributed by atoms with Gasteiger partial charge in [0, 0.05) is 5.57 Å². The second-order valence-electron chi connectivity index (χ2n) is 1.89. The number of carboxylic acids is 1. The molecular formula is C7H12BaO4. The van der Waals surface area contributed by atoms with Crippen LogP contribution in [0.25, 0.3) is 0 Å². The molecule has 0 aromatic carbocycles. The molecule has 0 aromatic heterocycles. The number of carbonyl (C=O) groups is 2. The molecule has 0 atom stereocenters. The summed E-state index contributed by atoms with van der Waals surface area (Å²) in [5.74, 6) is -1.72. The zero-order valence-electron chi connectivity index (χ0n) is 9.00. The molecule has 0 aliphatic rings. The van der Waals surface area contributed by atoms with E-state index < -0.39 is 11.9 Å². The second kappa shape index (κ2) is 7.88. The average Bonchev–Trinajstić information content (AvgIpc) is 1.86. The molecular weight excluding hydrogens is 285 g/mol. The van der Waals surface area contributed by atoms with Gasteiger partial charge in [0.15, 0.2) is 0 Å². The summed E-state index contributed by atoms with van der Waals surface area (Å²) in [6.45, 7) is 5.14. The fraction of sp³-hybridized carbons (Fsp3) is 0.429. The first-order valence-electron chi connectivity index (χ1n) is 3.14. The van der Waals surface area contributed by atoms with Gasteiger partial charge in [0.2, 0.25) is 0 Å². The minimum absolute atomic E-state index is 0. The third kappa shape index (κ3) is 6.93. The zero-order valence-corrected chi connectivity index (χ0v) is 11.4. The van der Waals surface area contributed by atoms with E-state index >= 15 is 0 Å². The topological polar surface area (TPSA) is 63.6 Å². The molecule has 1 N–H and O–H groups in total. The van der Waals surface area contributed by atoms with Crippen LogP contribution in [0.5, 0.6) is 0 Å². The van der Waals surface area contributed by atoms with Gasteiger partial charge in [-0.1, -0.05) is 6.58 Å². The summed E-state index contributed by atoms with van der Waals surface area (Å²) in [5, 5.41) is 8.23. The zero-order chi connectivity index (χ0) is 8.85. The maximum Gasteiger partial charge on any atom is 2.00 e. The molecule has 0 heterocycles. The van der Waals surface area contributed by atoms with E-state index in [2.05, 4.69) is 11.3 Å². The van der Waals surface area contributed by atoms with E-state index in [1.165, 1.54) is 0 Å². The molecule has 0 saturated heterocycles. The normalized spacial score (nSPS) is 8.08. The Labute approximate surface area is 114 Å². The van der Waals surface area contributed by atoms with Crippen molar-refractivity contribution in [3.05, 3.63) is 12.2 Å². The molecule has 4 nitrogen and oxygen atoms in total. The number of rotatable bonds is 4. The summed E-state index contributed by atoms with van der Waals surface area (Å²) in [5.41, 5.74) is -0.0284. The van der Waals surface area contributed by atoms with Gasteiger partial charge in [-0.3, -0.25) is 4.79 Å². The number of hydrogen-bond donors (Lipinski definition) is 1. The molecule has 0 aliphatic carbocycles. The maximum absolute atomic E-state index is 10.7. The van der Waals surface area contributed by atoms with Crippen LogP contribution >= 0.6 is 0 Å². The Morgan fingerprint density at radius 2 is 2.08 bits per heavy atom. The molecule has 0 aliphatic heterocycles. The molecule has 0 radical (unpaired) electrons. The Bertz CT molecular complexity index is 196. The van der Waals surface area contributed by atoms with Gasteiger partial charge in [-0.05, 0) is 6.92 Å². The molecule has 0 aromatic rings. The van der Waals surface area contributed by atoms with Crippen LogP contribution in [0.15, 0.2) is 12.2 Å². The molecule has 0 bridgehead atoms. The smallest absolute Gasteiger partial charge is 1.00 e. The van der Waals surface area contributed by atoms with Crippen molar-refractivity contribution in [2.24, 2.45) is 0 Å². The number of hydrogen-bond acceptors (Lipinski definition) is 3. The molecule has 0 spiro atoms. The van der Waals surface area contributed by atoms with Crippen LogP contribution in [-0.4, -0.2) is 72.5 Å². The Hall–Kier alpha value is 0.251. The third-order valence-corrected chi connectivity index (χ3v) is 0.929. The van der Waals surface area contributed by atoms with E-state index in [1.54, 1.807) is 6.92 Å². The Morgan fingerprint density at radius 1 is 1.58 bits per heavy atom. The van der Waals surface area contributed by atoms with Gasteiger partial charge in [-0.2, -0.15) is 0 Å². The van der Waals surface area contributed by atoms with Crippen molar-refractivity contribution in [2.45, 2.75) is 13.3 Å². The molecule has 66 valence electrons. The van der Waals surface area contributed by atoms with Gasteiger partial charge in [-0.15, -0.1) is 0 Å². The fourth-order valence-electron chi connectivity index (χ4n) is 0.488. The van der Waals surface area contributed by atoms with E-state index in [4.69, 9.17) is 5.11 Å². The Balaban J connectivity index is -0.000000167. The average molecular weight is 297 g/mol. The predicted molar refractivity (Wildman–Crippen MR) is 46.0 cm³/mol. The van der Waals surface area contributed by atoms with Crippen LogP contribution in [0.4, 0.5) is 0 Å². The van der Waals surface area contributed by atoms with Crippen LogP contribution in [0.2, 0.25) is 0 Å². The van der Waals surface area contributed by atoms with Gasteiger partial charge in [0.1, 0.15) is 0 Å². The van der Waals surface area contributed by atoms with Gasteiger partial charge in [0.25, 0.3) is 0 Å². The second-order valence-corrected chi connectivity index (χ2v) is 1.89. The molecule has 0 rings (SSSR count). The van der Waals surface area contributed by atoms with Crippen LogP contribution in [-0.2, 0) is 14.3 Å². The van der Waals surface area contributed by atoms with Gasteiger partial charge >= 0.3 is 60.8 Å². The third-order valence-electron chi connectivity index (χ3n) is 0.929. The van der Waals surface area contributed by atoms with Crippen LogP contribution in [0.1, 0.15) is 16.2 Å². The van der Waals surface area contributed by atoms with Crippen LogP contribution in [0.3, 0.4) is 0 Å². The first-order valence-corrected chi connectivity index (χ1v) is 3.14. The van der Waals surface area contributed by atoms with Crippen molar-refractivity contribution in [1.82, 2.24) is 0 Å². The van der Waals surface area contributed by atoms with Crippen molar-refractivity contribution >= 4 is 60.8 Å². The van der Waals surface area contributed by atoms with Crippen LogP contribution in [0, 0.1) is 0 Å². The molecule has 0 saturated carbocycles. The summed E-state index contributed by atoms with van der Waals surface area (Å²) >= 11 is 0. The maximum atomic E-state index is 10.7. The van der Waals surface area contributed by atoms with Crippen molar-refractivity contribution in [1.29, 1.82) is 0 Å². The molecule has 0 fully saturated rings. The predicted octanol–water partition coefficient (Wildman–Crippen LogP) is 0.425. The number of ether oxygens (including phenoxy) is 1. The first kappa shape index (κ1) is 14.8. The van der Waals surface area contributed by atoms with Crippen molar-refractivity contribution in [3.8, 4) is 0 Å². The van der Waals surface area contributed by atoms with Gasteiger partial charge in [0.05, 0.1) is 13.0 Å². The van der Waals surface area contributed by atoms with Gasteiger partial charge < -0.3 is 12.7 Å². The fourth-order valence-corrected chi connectivity index (χ4v) is 0.488. The minimum Gasteiger partial charge on any atom is -1.00 e. The standard InChI is InChI=1S/C7H10O4.Ba.2H/c1-3-11-7(10)5(2)4-6(8)9;;;/h2-4H2,1H3,(H,8,9);;;/q;+2;2*-1. The van der Waals surface area contributed by atoms with Crippen molar-refractivity contribution in [2.75, 3.05) is 6.61 Å².